The number of nitrogens with zero attached hydrogens (tertiary/aromatic N) is 1. The molecular formula is C17H9NS2. The summed E-state index contributed by atoms with van der Waals surface area (Å²) in [6.45, 7) is 0. The van der Waals surface area contributed by atoms with Gasteiger partial charge in [-0.1, -0.05) is 24.3 Å². The second kappa shape index (κ2) is 3.78. The Hall–Kier alpha value is -1.97. The van der Waals surface area contributed by atoms with Crippen LogP contribution in [0.4, 0.5) is 0 Å². The summed E-state index contributed by atoms with van der Waals surface area (Å²) in [4.78, 5) is 4.65. The fourth-order valence-electron chi connectivity index (χ4n) is 2.85. The highest BCUT2D eigenvalue weighted by atomic mass is 32.1. The van der Waals surface area contributed by atoms with Crippen molar-refractivity contribution in [3.05, 3.63) is 54.0 Å². The van der Waals surface area contributed by atoms with Crippen molar-refractivity contribution in [3.8, 4) is 0 Å². The van der Waals surface area contributed by atoms with E-state index in [9.17, 15) is 0 Å². The van der Waals surface area contributed by atoms with Crippen LogP contribution in [0.3, 0.4) is 0 Å². The minimum atomic E-state index is 1.09. The molecule has 0 spiro atoms. The van der Waals surface area contributed by atoms with E-state index in [1.54, 1.807) is 0 Å². The molecule has 0 radical (unpaired) electrons. The molecule has 0 bridgehead atoms. The molecule has 0 saturated carbocycles. The first-order valence-electron chi connectivity index (χ1n) is 6.47. The van der Waals surface area contributed by atoms with E-state index in [0.717, 1.165) is 5.52 Å². The summed E-state index contributed by atoms with van der Waals surface area (Å²) in [5.41, 5.74) is 1.09. The third-order valence-electron chi connectivity index (χ3n) is 3.78. The van der Waals surface area contributed by atoms with Gasteiger partial charge in [0.2, 0.25) is 0 Å². The van der Waals surface area contributed by atoms with Crippen molar-refractivity contribution < 1.29 is 0 Å². The van der Waals surface area contributed by atoms with Crippen LogP contribution in [0.5, 0.6) is 0 Å². The molecular weight excluding hydrogens is 282 g/mol. The Labute approximate surface area is 123 Å². The van der Waals surface area contributed by atoms with Crippen molar-refractivity contribution in [1.82, 2.24) is 4.98 Å². The van der Waals surface area contributed by atoms with Crippen LogP contribution < -0.4 is 0 Å². The van der Waals surface area contributed by atoms with E-state index in [1.807, 2.05) is 28.9 Å². The van der Waals surface area contributed by atoms with E-state index in [1.165, 1.54) is 35.6 Å². The van der Waals surface area contributed by atoms with E-state index in [-0.39, 0.29) is 0 Å². The van der Waals surface area contributed by atoms with Gasteiger partial charge in [-0.05, 0) is 34.4 Å². The predicted octanol–water partition coefficient (Wildman–Crippen LogP) is 5.82. The Morgan fingerprint density at radius 1 is 0.900 bits per heavy atom. The van der Waals surface area contributed by atoms with Gasteiger partial charge in [0.05, 0.1) is 14.9 Å². The zero-order chi connectivity index (χ0) is 13.1. The monoisotopic (exact) mass is 291 g/mol. The molecule has 20 heavy (non-hydrogen) atoms. The number of pyridine rings is 1. The number of hydrogen-bond donors (Lipinski definition) is 0. The van der Waals surface area contributed by atoms with E-state index in [2.05, 4.69) is 52.8 Å². The molecule has 94 valence electrons. The van der Waals surface area contributed by atoms with Crippen LogP contribution in [0.25, 0.3) is 41.2 Å². The van der Waals surface area contributed by atoms with Gasteiger partial charge >= 0.3 is 0 Å². The van der Waals surface area contributed by atoms with Crippen molar-refractivity contribution in [1.29, 1.82) is 0 Å². The van der Waals surface area contributed by atoms with Gasteiger partial charge in [-0.15, -0.1) is 22.7 Å². The Morgan fingerprint density at radius 2 is 1.75 bits per heavy atom. The van der Waals surface area contributed by atoms with Crippen molar-refractivity contribution >= 4 is 63.8 Å². The normalized spacial score (nSPS) is 12.0. The van der Waals surface area contributed by atoms with Gasteiger partial charge < -0.3 is 0 Å². The average molecular weight is 291 g/mol. The van der Waals surface area contributed by atoms with E-state index in [4.69, 9.17) is 0 Å². The van der Waals surface area contributed by atoms with Crippen LogP contribution in [-0.4, -0.2) is 4.98 Å². The smallest absolute Gasteiger partial charge is 0.0716 e. The fraction of sp³-hybridized carbons (Fsp3) is 0. The predicted molar refractivity (Wildman–Crippen MR) is 90.0 cm³/mol. The average Bonchev–Trinajstić information content (AvgIpc) is 3.05. The largest absolute Gasteiger partial charge is 0.255 e. The zero-order valence-electron chi connectivity index (χ0n) is 10.5. The van der Waals surface area contributed by atoms with Crippen LogP contribution in [0, 0.1) is 0 Å². The lowest BCUT2D eigenvalue weighted by molar-refractivity contribution is 1.46. The fourth-order valence-corrected chi connectivity index (χ4v) is 5.12. The summed E-state index contributed by atoms with van der Waals surface area (Å²) in [6, 6.07) is 15.2. The van der Waals surface area contributed by atoms with Crippen molar-refractivity contribution in [2.75, 3.05) is 0 Å². The Bertz CT molecular complexity index is 1100. The number of fused-ring (bicyclic) bond motifs is 6. The summed E-state index contributed by atoms with van der Waals surface area (Å²) >= 11 is 3.66. The molecule has 0 amide bonds. The Morgan fingerprint density at radius 3 is 2.65 bits per heavy atom. The summed E-state index contributed by atoms with van der Waals surface area (Å²) in [5.74, 6) is 0. The highest BCUT2D eigenvalue weighted by Crippen LogP contribution is 2.41. The molecule has 0 fully saturated rings. The number of rotatable bonds is 0. The van der Waals surface area contributed by atoms with E-state index < -0.39 is 0 Å². The molecule has 3 heteroatoms. The highest BCUT2D eigenvalue weighted by Gasteiger charge is 2.11. The lowest BCUT2D eigenvalue weighted by Crippen LogP contribution is -1.80. The molecule has 1 nitrogen and oxygen atoms in total. The molecule has 0 N–H and O–H groups in total. The van der Waals surface area contributed by atoms with Crippen LogP contribution in [0.2, 0.25) is 0 Å². The molecule has 0 aliphatic heterocycles. The third-order valence-corrected chi connectivity index (χ3v) is 5.93. The maximum absolute atomic E-state index is 4.65. The molecule has 0 atom stereocenters. The molecule has 0 aliphatic rings. The number of benzene rings is 2. The highest BCUT2D eigenvalue weighted by molar-refractivity contribution is 7.32. The van der Waals surface area contributed by atoms with Crippen LogP contribution in [0.1, 0.15) is 0 Å². The number of thiophene rings is 2. The molecule has 5 aromatic rings. The summed E-state index contributed by atoms with van der Waals surface area (Å²) in [7, 11) is 0. The van der Waals surface area contributed by atoms with Gasteiger partial charge in [0.25, 0.3) is 0 Å². The van der Waals surface area contributed by atoms with Gasteiger partial charge in [-0.2, -0.15) is 0 Å². The van der Waals surface area contributed by atoms with Crippen LogP contribution >= 0.6 is 22.7 Å². The van der Waals surface area contributed by atoms with Gasteiger partial charge in [0, 0.05) is 21.7 Å². The minimum Gasteiger partial charge on any atom is -0.255 e. The SMILES string of the molecule is c1ccc2cc3c(cc2c1)ncc1sc2ccsc2c13. The number of aromatic nitrogens is 1. The van der Waals surface area contributed by atoms with Gasteiger partial charge in [-0.25, -0.2) is 0 Å². The van der Waals surface area contributed by atoms with Gasteiger partial charge in [0.1, 0.15) is 0 Å². The molecule has 3 aromatic heterocycles. The van der Waals surface area contributed by atoms with Crippen molar-refractivity contribution in [2.24, 2.45) is 0 Å². The molecule has 2 aromatic carbocycles. The second-order valence-electron chi connectivity index (χ2n) is 4.93. The van der Waals surface area contributed by atoms with Gasteiger partial charge in [-0.3, -0.25) is 4.98 Å². The molecule has 5 rings (SSSR count). The Kier molecular flexibility index (Phi) is 2.04. The maximum atomic E-state index is 4.65. The molecule has 3 heterocycles. The lowest BCUT2D eigenvalue weighted by atomic mass is 10.1. The van der Waals surface area contributed by atoms with Crippen molar-refractivity contribution in [2.45, 2.75) is 0 Å². The van der Waals surface area contributed by atoms with E-state index >= 15 is 0 Å². The van der Waals surface area contributed by atoms with Gasteiger partial charge in [0.15, 0.2) is 0 Å². The standard InChI is InChI=1S/C17H9NS2/c1-2-4-11-8-13-12(7-10(11)3-1)16-15(9-18-13)20-14-5-6-19-17(14)16/h1-9H. The topological polar surface area (TPSA) is 12.9 Å². The Balaban J connectivity index is 2.10. The van der Waals surface area contributed by atoms with Crippen molar-refractivity contribution in [3.63, 3.8) is 0 Å². The van der Waals surface area contributed by atoms with Crippen LogP contribution in [0.15, 0.2) is 54.0 Å². The third kappa shape index (κ3) is 1.34. The van der Waals surface area contributed by atoms with Crippen LogP contribution in [-0.2, 0) is 0 Å². The first-order valence-corrected chi connectivity index (χ1v) is 8.17. The zero-order valence-corrected chi connectivity index (χ0v) is 12.1. The molecule has 0 saturated heterocycles. The molecule has 0 unspecified atom stereocenters. The summed E-state index contributed by atoms with van der Waals surface area (Å²) in [6.07, 6.45) is 2.02. The maximum Gasteiger partial charge on any atom is 0.0716 e. The second-order valence-corrected chi connectivity index (χ2v) is 6.93. The first-order chi connectivity index (χ1) is 9.90. The molecule has 0 aliphatic carbocycles. The summed E-state index contributed by atoms with van der Waals surface area (Å²) < 4.78 is 4.05. The quantitative estimate of drug-likeness (QED) is 0.328. The number of hydrogen-bond acceptors (Lipinski definition) is 3. The summed E-state index contributed by atoms with van der Waals surface area (Å²) in [5, 5.41) is 7.36. The van der Waals surface area contributed by atoms with E-state index in [0.29, 0.717) is 0 Å². The minimum absolute atomic E-state index is 1.09. The lowest BCUT2D eigenvalue weighted by Gasteiger charge is -2.03. The first kappa shape index (κ1) is 10.8.